The monoisotopic (exact) mass is 170 g/mol. The van der Waals surface area contributed by atoms with Gasteiger partial charge in [-0.2, -0.15) is 0 Å². The number of hydrogen-bond donors (Lipinski definition) is 0. The Balaban J connectivity index is 3.91. The Morgan fingerprint density at radius 1 is 1.56 bits per heavy atom. The SMILES string of the molecule is CCC(=O)CS(=O)(=O)Cl. The quantitative estimate of drug-likeness (QED) is 0.581. The van der Waals surface area contributed by atoms with Crippen LogP contribution in [0.3, 0.4) is 0 Å². The number of ketones is 1. The van der Waals surface area contributed by atoms with Crippen LogP contribution in [0.15, 0.2) is 0 Å². The first kappa shape index (κ1) is 8.91. The predicted octanol–water partition coefficient (Wildman–Crippen LogP) is 0.534. The van der Waals surface area contributed by atoms with Crippen molar-refractivity contribution in [1.29, 1.82) is 0 Å². The normalized spacial score (nSPS) is 11.3. The maximum atomic E-state index is 10.4. The first-order valence-electron chi connectivity index (χ1n) is 2.39. The Bertz CT molecular complexity index is 194. The molecule has 0 radical (unpaired) electrons. The Morgan fingerprint density at radius 3 is 2.11 bits per heavy atom. The molecule has 0 fully saturated rings. The van der Waals surface area contributed by atoms with Gasteiger partial charge in [0.2, 0.25) is 9.05 Å². The second kappa shape index (κ2) is 3.17. The Labute approximate surface area is 58.4 Å². The molecule has 54 valence electrons. The molecule has 0 aromatic rings. The van der Waals surface area contributed by atoms with Gasteiger partial charge in [0, 0.05) is 17.1 Å². The van der Waals surface area contributed by atoms with Gasteiger partial charge in [-0.15, -0.1) is 0 Å². The van der Waals surface area contributed by atoms with Gasteiger partial charge in [0.15, 0.2) is 0 Å². The lowest BCUT2D eigenvalue weighted by atomic mass is 10.4. The molecule has 0 heterocycles. The van der Waals surface area contributed by atoms with Crippen LogP contribution < -0.4 is 0 Å². The zero-order valence-electron chi connectivity index (χ0n) is 4.93. The Hall–Kier alpha value is -0.0900. The molecule has 0 aliphatic rings. The van der Waals surface area contributed by atoms with E-state index in [2.05, 4.69) is 0 Å². The first-order chi connectivity index (χ1) is 3.95. The van der Waals surface area contributed by atoms with E-state index in [0.717, 1.165) is 0 Å². The summed E-state index contributed by atoms with van der Waals surface area (Å²) < 4.78 is 20.3. The summed E-state index contributed by atoms with van der Waals surface area (Å²) in [5.74, 6) is -0.907. The summed E-state index contributed by atoms with van der Waals surface area (Å²) in [6.07, 6.45) is 0.214. The van der Waals surface area contributed by atoms with Crippen LogP contribution >= 0.6 is 10.7 Å². The largest absolute Gasteiger partial charge is 0.299 e. The molecule has 0 aliphatic carbocycles. The molecule has 0 atom stereocenters. The van der Waals surface area contributed by atoms with Crippen molar-refractivity contribution < 1.29 is 13.2 Å². The van der Waals surface area contributed by atoms with Crippen LogP contribution in [0.4, 0.5) is 0 Å². The van der Waals surface area contributed by atoms with Crippen molar-refractivity contribution in [3.05, 3.63) is 0 Å². The van der Waals surface area contributed by atoms with E-state index in [-0.39, 0.29) is 12.2 Å². The van der Waals surface area contributed by atoms with Crippen molar-refractivity contribution in [2.45, 2.75) is 13.3 Å². The summed E-state index contributed by atoms with van der Waals surface area (Å²) in [4.78, 5) is 10.4. The van der Waals surface area contributed by atoms with Crippen LogP contribution in [-0.2, 0) is 13.8 Å². The number of Topliss-reactive ketones (excluding diaryl/α,β-unsaturated/α-hetero) is 1. The zero-order chi connectivity index (χ0) is 7.49. The van der Waals surface area contributed by atoms with Crippen LogP contribution in [0.1, 0.15) is 13.3 Å². The molecule has 0 saturated carbocycles. The lowest BCUT2D eigenvalue weighted by molar-refractivity contribution is -0.116. The minimum absolute atomic E-state index is 0.214. The molecule has 3 nitrogen and oxygen atoms in total. The molecule has 0 saturated heterocycles. The molecule has 0 rings (SSSR count). The Kier molecular flexibility index (Phi) is 3.14. The van der Waals surface area contributed by atoms with E-state index in [1.54, 1.807) is 6.92 Å². The lowest BCUT2D eigenvalue weighted by Crippen LogP contribution is -2.08. The smallest absolute Gasteiger partial charge is 0.239 e. The van der Waals surface area contributed by atoms with Gasteiger partial charge in [-0.25, -0.2) is 8.42 Å². The van der Waals surface area contributed by atoms with E-state index in [0.29, 0.717) is 0 Å². The number of rotatable bonds is 3. The van der Waals surface area contributed by atoms with Crippen molar-refractivity contribution in [2.24, 2.45) is 0 Å². The molecule has 0 aliphatic heterocycles. The molecular formula is C4H7ClO3S. The molecule has 0 bridgehead atoms. The summed E-state index contributed by atoms with van der Waals surface area (Å²) in [6, 6.07) is 0. The van der Waals surface area contributed by atoms with Gasteiger partial charge in [-0.1, -0.05) is 6.92 Å². The minimum atomic E-state index is -3.61. The van der Waals surface area contributed by atoms with E-state index in [1.807, 2.05) is 0 Å². The average Bonchev–Trinajstić information content (AvgIpc) is 1.62. The first-order valence-corrected chi connectivity index (χ1v) is 4.87. The molecule has 0 unspecified atom stereocenters. The highest BCUT2D eigenvalue weighted by atomic mass is 35.7. The molecule has 0 amide bonds. The van der Waals surface area contributed by atoms with Crippen molar-refractivity contribution in [3.8, 4) is 0 Å². The third-order valence-corrected chi connectivity index (χ3v) is 1.72. The standard InChI is InChI=1S/C4H7ClO3S/c1-2-4(6)3-9(5,7)8/h2-3H2,1H3. The fraction of sp³-hybridized carbons (Fsp3) is 0.750. The second-order valence-electron chi connectivity index (χ2n) is 1.58. The van der Waals surface area contributed by atoms with Gasteiger partial charge in [-0.3, -0.25) is 4.79 Å². The van der Waals surface area contributed by atoms with Crippen LogP contribution in [0.5, 0.6) is 0 Å². The third-order valence-electron chi connectivity index (χ3n) is 0.728. The second-order valence-corrected chi connectivity index (χ2v) is 4.35. The van der Waals surface area contributed by atoms with E-state index >= 15 is 0 Å². The topological polar surface area (TPSA) is 51.2 Å². The molecule has 0 N–H and O–H groups in total. The number of carbonyl (C=O) groups is 1. The lowest BCUT2D eigenvalue weighted by Gasteiger charge is -1.89. The summed E-state index contributed by atoms with van der Waals surface area (Å²) in [6.45, 7) is 1.59. The van der Waals surface area contributed by atoms with Crippen LogP contribution in [-0.4, -0.2) is 20.0 Å². The highest BCUT2D eigenvalue weighted by Gasteiger charge is 2.09. The summed E-state index contributed by atoms with van der Waals surface area (Å²) in [5, 5.41) is 0. The van der Waals surface area contributed by atoms with Crippen molar-refractivity contribution in [2.75, 3.05) is 5.75 Å². The third kappa shape index (κ3) is 5.79. The predicted molar refractivity (Wildman–Crippen MR) is 34.9 cm³/mol. The minimum Gasteiger partial charge on any atom is -0.299 e. The van der Waals surface area contributed by atoms with Gasteiger partial charge >= 0.3 is 0 Å². The molecule has 0 spiro atoms. The van der Waals surface area contributed by atoms with Crippen LogP contribution in [0, 0.1) is 0 Å². The van der Waals surface area contributed by atoms with Gasteiger partial charge in [0.1, 0.15) is 11.5 Å². The van der Waals surface area contributed by atoms with Crippen molar-refractivity contribution in [3.63, 3.8) is 0 Å². The highest BCUT2D eigenvalue weighted by Crippen LogP contribution is 1.97. The maximum Gasteiger partial charge on any atom is 0.239 e. The van der Waals surface area contributed by atoms with Gasteiger partial charge in [0.05, 0.1) is 0 Å². The van der Waals surface area contributed by atoms with Crippen molar-refractivity contribution >= 4 is 25.5 Å². The van der Waals surface area contributed by atoms with Gasteiger partial charge in [-0.05, 0) is 0 Å². The number of hydrogen-bond acceptors (Lipinski definition) is 3. The van der Waals surface area contributed by atoms with E-state index < -0.39 is 14.8 Å². The van der Waals surface area contributed by atoms with E-state index in [9.17, 15) is 13.2 Å². The zero-order valence-corrected chi connectivity index (χ0v) is 6.50. The summed E-state index contributed by atoms with van der Waals surface area (Å²) in [7, 11) is 1.15. The summed E-state index contributed by atoms with van der Waals surface area (Å²) in [5.41, 5.74) is 0. The van der Waals surface area contributed by atoms with Gasteiger partial charge < -0.3 is 0 Å². The van der Waals surface area contributed by atoms with E-state index in [4.69, 9.17) is 10.7 Å². The van der Waals surface area contributed by atoms with E-state index in [1.165, 1.54) is 0 Å². The van der Waals surface area contributed by atoms with Gasteiger partial charge in [0.25, 0.3) is 0 Å². The van der Waals surface area contributed by atoms with Crippen LogP contribution in [0.25, 0.3) is 0 Å². The molecule has 0 aromatic carbocycles. The highest BCUT2D eigenvalue weighted by molar-refractivity contribution is 8.14. The number of halogens is 1. The Morgan fingerprint density at radius 2 is 2.00 bits per heavy atom. The van der Waals surface area contributed by atoms with Crippen LogP contribution in [0.2, 0.25) is 0 Å². The fourth-order valence-electron chi connectivity index (χ4n) is 0.294. The van der Waals surface area contributed by atoms with Crippen molar-refractivity contribution in [1.82, 2.24) is 0 Å². The average molecular weight is 171 g/mol. The maximum absolute atomic E-state index is 10.4. The fourth-order valence-corrected chi connectivity index (χ4v) is 1.25. The molecule has 5 heteroatoms. The summed E-state index contributed by atoms with van der Waals surface area (Å²) >= 11 is 0. The molecule has 9 heavy (non-hydrogen) atoms. The molecular weight excluding hydrogens is 164 g/mol. The number of carbonyl (C=O) groups excluding carboxylic acids is 1. The molecule has 0 aromatic heterocycles.